The van der Waals surface area contributed by atoms with Gasteiger partial charge in [-0.05, 0) is 49.2 Å². The number of hydrogen-bond acceptors (Lipinski definition) is 6. The van der Waals surface area contributed by atoms with Crippen LogP contribution in [0.25, 0.3) is 0 Å². The van der Waals surface area contributed by atoms with E-state index in [1.165, 1.54) is 36.5 Å². The second kappa shape index (κ2) is 8.71. The molecule has 0 atom stereocenters. The number of sulfonamides is 1. The smallest absolute Gasteiger partial charge is 0.340 e. The summed E-state index contributed by atoms with van der Waals surface area (Å²) in [5, 5.41) is 2.76. The number of thiazole rings is 1. The molecule has 0 radical (unpaired) electrons. The molecule has 29 heavy (non-hydrogen) atoms. The van der Waals surface area contributed by atoms with Gasteiger partial charge >= 0.3 is 5.97 Å². The number of para-hydroxylation sites is 1. The van der Waals surface area contributed by atoms with Crippen molar-refractivity contribution >= 4 is 33.0 Å². The molecule has 2 aromatic carbocycles. The summed E-state index contributed by atoms with van der Waals surface area (Å²) in [6, 6.07) is 9.52. The number of hydrogen-bond donors (Lipinski definition) is 1. The second-order valence-electron chi connectivity index (χ2n) is 6.22. The van der Waals surface area contributed by atoms with Crippen LogP contribution in [0.2, 0.25) is 0 Å². The molecule has 0 aliphatic carbocycles. The molecule has 3 rings (SSSR count). The molecule has 0 aliphatic rings. The molecule has 0 unspecified atom stereocenters. The average Bonchev–Trinajstić information content (AvgIpc) is 3.14. The van der Waals surface area contributed by atoms with E-state index in [9.17, 15) is 17.6 Å². The standard InChI is InChI=1S/C20H19FN2O4S2/c1-3-19-22-15(12-28-19)11-27-20(24)16-6-4-5-7-17(16)23-29(25,26)18-9-8-14(21)10-13(18)2/h4-10,12,23H,3,11H2,1-2H3. The summed E-state index contributed by atoms with van der Waals surface area (Å²) in [4.78, 5) is 16.8. The molecule has 1 aromatic heterocycles. The van der Waals surface area contributed by atoms with Crippen LogP contribution < -0.4 is 4.72 Å². The first kappa shape index (κ1) is 20.9. The van der Waals surface area contributed by atoms with Crippen LogP contribution in [0.5, 0.6) is 0 Å². The maximum absolute atomic E-state index is 13.3. The summed E-state index contributed by atoms with van der Waals surface area (Å²) < 4.78 is 46.4. The zero-order valence-electron chi connectivity index (χ0n) is 15.8. The maximum Gasteiger partial charge on any atom is 0.340 e. The number of halogens is 1. The van der Waals surface area contributed by atoms with Crippen LogP contribution in [0.15, 0.2) is 52.7 Å². The molecule has 0 bridgehead atoms. The number of carbonyl (C=O) groups is 1. The summed E-state index contributed by atoms with van der Waals surface area (Å²) in [5.74, 6) is -1.20. The first-order valence-electron chi connectivity index (χ1n) is 8.78. The summed E-state index contributed by atoms with van der Waals surface area (Å²) in [6.07, 6.45) is 0.798. The van der Waals surface area contributed by atoms with Gasteiger partial charge in [-0.25, -0.2) is 22.6 Å². The lowest BCUT2D eigenvalue weighted by atomic mass is 10.2. The minimum Gasteiger partial charge on any atom is -0.455 e. The zero-order chi connectivity index (χ0) is 21.0. The third kappa shape index (κ3) is 4.99. The topological polar surface area (TPSA) is 85.4 Å². The van der Waals surface area contributed by atoms with Crippen LogP contribution in [0.3, 0.4) is 0 Å². The highest BCUT2D eigenvalue weighted by Crippen LogP contribution is 2.23. The fourth-order valence-electron chi connectivity index (χ4n) is 2.66. The second-order valence-corrected chi connectivity index (χ2v) is 8.82. The Morgan fingerprint density at radius 2 is 2.00 bits per heavy atom. The number of ether oxygens (including phenoxy) is 1. The van der Waals surface area contributed by atoms with Crippen molar-refractivity contribution < 1.29 is 22.3 Å². The summed E-state index contributed by atoms with van der Waals surface area (Å²) in [5.41, 5.74) is 1.04. The Hall–Kier alpha value is -2.78. The van der Waals surface area contributed by atoms with Gasteiger partial charge in [-0.2, -0.15) is 0 Å². The van der Waals surface area contributed by atoms with Gasteiger partial charge in [-0.3, -0.25) is 4.72 Å². The van der Waals surface area contributed by atoms with Crippen molar-refractivity contribution in [3.05, 3.63) is 75.5 Å². The number of carbonyl (C=O) groups excluding carboxylic acids is 1. The van der Waals surface area contributed by atoms with Crippen molar-refractivity contribution in [3.63, 3.8) is 0 Å². The van der Waals surface area contributed by atoms with Crippen molar-refractivity contribution in [1.29, 1.82) is 0 Å². The third-order valence-corrected chi connectivity index (χ3v) is 6.64. The Bertz CT molecular complexity index is 1140. The first-order valence-corrected chi connectivity index (χ1v) is 11.1. The molecule has 0 fully saturated rings. The Balaban J connectivity index is 1.80. The highest BCUT2D eigenvalue weighted by atomic mass is 32.2. The largest absolute Gasteiger partial charge is 0.455 e. The summed E-state index contributed by atoms with van der Waals surface area (Å²) >= 11 is 1.49. The van der Waals surface area contributed by atoms with Crippen LogP contribution in [-0.4, -0.2) is 19.4 Å². The van der Waals surface area contributed by atoms with E-state index in [4.69, 9.17) is 4.74 Å². The van der Waals surface area contributed by atoms with Gasteiger partial charge in [0.2, 0.25) is 0 Å². The van der Waals surface area contributed by atoms with E-state index >= 15 is 0 Å². The number of benzene rings is 2. The third-order valence-electron chi connectivity index (χ3n) is 4.07. The van der Waals surface area contributed by atoms with Gasteiger partial charge in [0.1, 0.15) is 12.4 Å². The van der Waals surface area contributed by atoms with Crippen molar-refractivity contribution in [2.24, 2.45) is 0 Å². The van der Waals surface area contributed by atoms with E-state index < -0.39 is 21.8 Å². The molecule has 6 nitrogen and oxygen atoms in total. The molecule has 0 spiro atoms. The van der Waals surface area contributed by atoms with Crippen LogP contribution in [0.1, 0.15) is 33.5 Å². The number of nitrogens with zero attached hydrogens (tertiary/aromatic N) is 1. The predicted molar refractivity (Wildman–Crippen MR) is 109 cm³/mol. The molecule has 0 aliphatic heterocycles. The van der Waals surface area contributed by atoms with Gasteiger partial charge in [0, 0.05) is 5.38 Å². The van der Waals surface area contributed by atoms with Gasteiger partial charge in [0.15, 0.2) is 0 Å². The number of nitrogens with one attached hydrogen (secondary N) is 1. The zero-order valence-corrected chi connectivity index (χ0v) is 17.4. The number of rotatable bonds is 7. The highest BCUT2D eigenvalue weighted by Gasteiger charge is 2.21. The Labute approximate surface area is 172 Å². The fraction of sp³-hybridized carbons (Fsp3) is 0.200. The van der Waals surface area contributed by atoms with Gasteiger partial charge in [0.25, 0.3) is 10.0 Å². The molecule has 0 saturated heterocycles. The molecular formula is C20H19FN2O4S2. The minimum atomic E-state index is -4.02. The molecular weight excluding hydrogens is 415 g/mol. The van der Waals surface area contributed by atoms with Crippen molar-refractivity contribution in [2.45, 2.75) is 31.8 Å². The van der Waals surface area contributed by atoms with Gasteiger partial charge in [-0.15, -0.1) is 11.3 Å². The fourth-order valence-corrected chi connectivity index (χ4v) is 4.70. The van der Waals surface area contributed by atoms with Crippen molar-refractivity contribution in [2.75, 3.05) is 4.72 Å². The molecule has 1 N–H and O–H groups in total. The SMILES string of the molecule is CCc1nc(COC(=O)c2ccccc2NS(=O)(=O)c2ccc(F)cc2C)cs1. The molecule has 3 aromatic rings. The minimum absolute atomic E-state index is 0.00646. The number of aryl methyl sites for hydroxylation is 2. The Morgan fingerprint density at radius 3 is 2.69 bits per heavy atom. The molecule has 0 amide bonds. The predicted octanol–water partition coefficient (Wildman–Crippen LogP) is 4.31. The molecule has 152 valence electrons. The number of aromatic nitrogens is 1. The van der Waals surface area contributed by atoms with Gasteiger partial charge in [0.05, 0.1) is 26.8 Å². The van der Waals surface area contributed by atoms with E-state index in [2.05, 4.69) is 9.71 Å². The lowest BCUT2D eigenvalue weighted by Gasteiger charge is -2.13. The van der Waals surface area contributed by atoms with Crippen molar-refractivity contribution in [3.8, 4) is 0 Å². The van der Waals surface area contributed by atoms with E-state index in [0.29, 0.717) is 5.69 Å². The van der Waals surface area contributed by atoms with E-state index in [0.717, 1.165) is 23.6 Å². The summed E-state index contributed by atoms with van der Waals surface area (Å²) in [6.45, 7) is 3.48. The van der Waals surface area contributed by atoms with Crippen LogP contribution in [0.4, 0.5) is 10.1 Å². The summed E-state index contributed by atoms with van der Waals surface area (Å²) in [7, 11) is -4.02. The van der Waals surface area contributed by atoms with E-state index in [1.54, 1.807) is 12.1 Å². The molecule has 9 heteroatoms. The normalized spacial score (nSPS) is 11.3. The Morgan fingerprint density at radius 1 is 1.24 bits per heavy atom. The van der Waals surface area contributed by atoms with Crippen molar-refractivity contribution in [1.82, 2.24) is 4.98 Å². The maximum atomic E-state index is 13.3. The van der Waals surface area contributed by atoms with E-state index in [1.807, 2.05) is 12.3 Å². The quantitative estimate of drug-likeness (QED) is 0.560. The monoisotopic (exact) mass is 434 g/mol. The average molecular weight is 435 g/mol. The van der Waals surface area contributed by atoms with Crippen LogP contribution in [-0.2, 0) is 27.8 Å². The van der Waals surface area contributed by atoms with Crippen LogP contribution >= 0.6 is 11.3 Å². The first-order chi connectivity index (χ1) is 13.8. The van der Waals surface area contributed by atoms with Gasteiger partial charge in [-0.1, -0.05) is 19.1 Å². The number of anilines is 1. The molecule has 1 heterocycles. The lowest BCUT2D eigenvalue weighted by molar-refractivity contribution is 0.0469. The van der Waals surface area contributed by atoms with Gasteiger partial charge < -0.3 is 4.74 Å². The lowest BCUT2D eigenvalue weighted by Crippen LogP contribution is -2.17. The Kier molecular flexibility index (Phi) is 6.29. The van der Waals surface area contributed by atoms with Crippen LogP contribution in [0, 0.1) is 12.7 Å². The number of esters is 1. The van der Waals surface area contributed by atoms with E-state index in [-0.39, 0.29) is 28.3 Å². The molecule has 0 saturated carbocycles. The highest BCUT2D eigenvalue weighted by molar-refractivity contribution is 7.92.